The summed E-state index contributed by atoms with van der Waals surface area (Å²) in [5.41, 5.74) is 0. The summed E-state index contributed by atoms with van der Waals surface area (Å²) < 4.78 is 4.90. The van der Waals surface area contributed by atoms with Gasteiger partial charge in [-0.05, 0) is 20.3 Å². The third-order valence-corrected chi connectivity index (χ3v) is 2.87. The third kappa shape index (κ3) is 5.35. The minimum absolute atomic E-state index is 0.0985. The highest BCUT2D eigenvalue weighted by molar-refractivity contribution is 5.80. The fourth-order valence-corrected chi connectivity index (χ4v) is 1.64. The van der Waals surface area contributed by atoms with E-state index in [2.05, 4.69) is 0 Å². The van der Waals surface area contributed by atoms with E-state index in [9.17, 15) is 9.59 Å². The van der Waals surface area contributed by atoms with Crippen LogP contribution in [0.1, 0.15) is 27.2 Å². The number of urea groups is 1. The van der Waals surface area contributed by atoms with Gasteiger partial charge in [0.15, 0.2) is 0 Å². The van der Waals surface area contributed by atoms with E-state index < -0.39 is 5.97 Å². The van der Waals surface area contributed by atoms with Crippen LogP contribution in [0.25, 0.3) is 0 Å². The summed E-state index contributed by atoms with van der Waals surface area (Å²) in [5, 5.41) is 8.83. The van der Waals surface area contributed by atoms with E-state index in [1.54, 1.807) is 4.90 Å². The van der Waals surface area contributed by atoms with Crippen LogP contribution in [0.5, 0.6) is 0 Å². The molecule has 0 aromatic carbocycles. The largest absolute Gasteiger partial charge is 0.480 e. The zero-order valence-corrected chi connectivity index (χ0v) is 11.7. The summed E-state index contributed by atoms with van der Waals surface area (Å²) in [4.78, 5) is 26.0. The van der Waals surface area contributed by atoms with E-state index in [4.69, 9.17) is 9.84 Å². The molecule has 0 aliphatic rings. The fraction of sp³-hybridized carbons (Fsp3) is 0.833. The van der Waals surface area contributed by atoms with Crippen molar-refractivity contribution < 1.29 is 19.4 Å². The van der Waals surface area contributed by atoms with Crippen LogP contribution in [0.4, 0.5) is 4.79 Å². The lowest BCUT2D eigenvalue weighted by atomic mass is 10.2. The molecule has 0 aromatic rings. The Morgan fingerprint density at radius 1 is 1.33 bits per heavy atom. The first-order valence-electron chi connectivity index (χ1n) is 6.24. The predicted molar refractivity (Wildman–Crippen MR) is 68.6 cm³/mol. The molecule has 2 amide bonds. The Balaban J connectivity index is 4.73. The van der Waals surface area contributed by atoms with Crippen molar-refractivity contribution in [1.82, 2.24) is 9.80 Å². The van der Waals surface area contributed by atoms with E-state index in [1.165, 1.54) is 12.0 Å². The van der Waals surface area contributed by atoms with Gasteiger partial charge in [-0.1, -0.05) is 6.92 Å². The molecule has 6 heteroatoms. The SMILES string of the molecule is CCC(C)N(CC)C(=O)N(CCOC)CC(=O)O. The zero-order chi connectivity index (χ0) is 14.1. The molecule has 0 aliphatic carbocycles. The van der Waals surface area contributed by atoms with Crippen LogP contribution in [0, 0.1) is 0 Å². The summed E-state index contributed by atoms with van der Waals surface area (Å²) in [6.45, 7) is 6.73. The number of carboxylic acid groups (broad SMARTS) is 1. The highest BCUT2D eigenvalue weighted by Gasteiger charge is 2.24. The summed E-state index contributed by atoms with van der Waals surface area (Å²) in [6.07, 6.45) is 0.838. The Kier molecular flexibility index (Phi) is 8.11. The van der Waals surface area contributed by atoms with Crippen LogP contribution in [-0.2, 0) is 9.53 Å². The number of aliphatic carboxylic acids is 1. The van der Waals surface area contributed by atoms with E-state index >= 15 is 0 Å². The summed E-state index contributed by atoms with van der Waals surface area (Å²) >= 11 is 0. The van der Waals surface area contributed by atoms with Crippen LogP contribution in [-0.4, -0.2) is 66.3 Å². The molecule has 0 aromatic heterocycles. The van der Waals surface area contributed by atoms with Crippen LogP contribution in [0.3, 0.4) is 0 Å². The van der Waals surface area contributed by atoms with Gasteiger partial charge in [-0.2, -0.15) is 0 Å². The first-order valence-corrected chi connectivity index (χ1v) is 6.24. The van der Waals surface area contributed by atoms with Crippen LogP contribution < -0.4 is 0 Å². The molecule has 1 atom stereocenters. The average molecular weight is 260 g/mol. The molecular formula is C12H24N2O4. The van der Waals surface area contributed by atoms with Crippen molar-refractivity contribution in [2.75, 3.05) is 33.4 Å². The molecule has 0 saturated heterocycles. The minimum Gasteiger partial charge on any atom is -0.480 e. The lowest BCUT2D eigenvalue weighted by Gasteiger charge is -2.32. The van der Waals surface area contributed by atoms with E-state index in [1.807, 2.05) is 20.8 Å². The summed E-state index contributed by atoms with van der Waals surface area (Å²) in [5.74, 6) is -1.01. The Labute approximate surface area is 109 Å². The van der Waals surface area contributed by atoms with Crippen LogP contribution in [0.15, 0.2) is 0 Å². The van der Waals surface area contributed by atoms with E-state index in [0.29, 0.717) is 13.2 Å². The number of methoxy groups -OCH3 is 1. The highest BCUT2D eigenvalue weighted by Crippen LogP contribution is 2.07. The second kappa shape index (κ2) is 8.74. The molecule has 0 aliphatic heterocycles. The monoisotopic (exact) mass is 260 g/mol. The fourth-order valence-electron chi connectivity index (χ4n) is 1.64. The van der Waals surface area contributed by atoms with Gasteiger partial charge < -0.3 is 19.6 Å². The van der Waals surface area contributed by atoms with Crippen molar-refractivity contribution in [3.63, 3.8) is 0 Å². The maximum absolute atomic E-state index is 12.2. The van der Waals surface area contributed by atoms with Gasteiger partial charge in [0.25, 0.3) is 0 Å². The second-order valence-electron chi connectivity index (χ2n) is 4.13. The number of hydrogen-bond acceptors (Lipinski definition) is 3. The van der Waals surface area contributed by atoms with Gasteiger partial charge in [0.1, 0.15) is 6.54 Å². The zero-order valence-electron chi connectivity index (χ0n) is 11.7. The van der Waals surface area contributed by atoms with Gasteiger partial charge >= 0.3 is 12.0 Å². The second-order valence-corrected chi connectivity index (χ2v) is 4.13. The van der Waals surface area contributed by atoms with Gasteiger partial charge in [0.05, 0.1) is 6.61 Å². The van der Waals surface area contributed by atoms with Crippen molar-refractivity contribution in [2.24, 2.45) is 0 Å². The van der Waals surface area contributed by atoms with Crippen molar-refractivity contribution >= 4 is 12.0 Å². The number of carbonyl (C=O) groups excluding carboxylic acids is 1. The molecule has 1 unspecified atom stereocenters. The molecular weight excluding hydrogens is 236 g/mol. The van der Waals surface area contributed by atoms with Gasteiger partial charge in [0, 0.05) is 26.2 Å². The average Bonchev–Trinajstić information content (AvgIpc) is 2.34. The Bertz CT molecular complexity index is 271. The molecule has 0 spiro atoms. The Morgan fingerprint density at radius 3 is 2.33 bits per heavy atom. The number of amides is 2. The predicted octanol–water partition coefficient (Wildman–Crippen LogP) is 1.26. The van der Waals surface area contributed by atoms with Gasteiger partial charge in [-0.3, -0.25) is 4.79 Å². The lowest BCUT2D eigenvalue weighted by molar-refractivity contribution is -0.137. The molecule has 0 heterocycles. The molecule has 0 rings (SSSR count). The topological polar surface area (TPSA) is 70.1 Å². The standard InChI is InChI=1S/C12H24N2O4/c1-5-10(3)14(6-2)12(17)13(7-8-18-4)9-11(15)16/h10H,5-9H2,1-4H3,(H,15,16). The van der Waals surface area contributed by atoms with Crippen LogP contribution in [0.2, 0.25) is 0 Å². The number of hydrogen-bond donors (Lipinski definition) is 1. The quantitative estimate of drug-likeness (QED) is 0.713. The number of rotatable bonds is 8. The number of nitrogens with zero attached hydrogens (tertiary/aromatic N) is 2. The van der Waals surface area contributed by atoms with Crippen molar-refractivity contribution in [3.8, 4) is 0 Å². The van der Waals surface area contributed by atoms with E-state index in [-0.39, 0.29) is 25.2 Å². The molecule has 0 bridgehead atoms. The number of carbonyl (C=O) groups is 2. The van der Waals surface area contributed by atoms with Gasteiger partial charge in [-0.25, -0.2) is 4.79 Å². The Morgan fingerprint density at radius 2 is 1.94 bits per heavy atom. The first-order chi connectivity index (χ1) is 8.47. The van der Waals surface area contributed by atoms with E-state index in [0.717, 1.165) is 6.42 Å². The van der Waals surface area contributed by atoms with Crippen LogP contribution >= 0.6 is 0 Å². The third-order valence-electron chi connectivity index (χ3n) is 2.87. The first kappa shape index (κ1) is 16.7. The molecule has 6 nitrogen and oxygen atoms in total. The van der Waals surface area contributed by atoms with Crippen molar-refractivity contribution in [3.05, 3.63) is 0 Å². The summed E-state index contributed by atoms with van der Waals surface area (Å²) in [7, 11) is 1.52. The summed E-state index contributed by atoms with van der Waals surface area (Å²) in [6, 6.07) is -0.146. The highest BCUT2D eigenvalue weighted by atomic mass is 16.5. The Hall–Kier alpha value is -1.30. The van der Waals surface area contributed by atoms with Crippen molar-refractivity contribution in [1.29, 1.82) is 0 Å². The molecule has 18 heavy (non-hydrogen) atoms. The lowest BCUT2D eigenvalue weighted by Crippen LogP contribution is -2.49. The maximum atomic E-state index is 12.2. The maximum Gasteiger partial charge on any atom is 0.323 e. The minimum atomic E-state index is -1.01. The number of carboxylic acids is 1. The number of ether oxygens (including phenoxy) is 1. The van der Waals surface area contributed by atoms with Crippen molar-refractivity contribution in [2.45, 2.75) is 33.2 Å². The van der Waals surface area contributed by atoms with Gasteiger partial charge in [-0.15, -0.1) is 0 Å². The molecule has 0 saturated carbocycles. The normalized spacial score (nSPS) is 12.0. The molecule has 106 valence electrons. The molecule has 1 N–H and O–H groups in total. The molecule has 0 radical (unpaired) electrons. The smallest absolute Gasteiger partial charge is 0.323 e. The van der Waals surface area contributed by atoms with Gasteiger partial charge in [0.2, 0.25) is 0 Å². The molecule has 0 fully saturated rings.